The van der Waals surface area contributed by atoms with E-state index in [-0.39, 0.29) is 6.17 Å². The van der Waals surface area contributed by atoms with Crippen LogP contribution < -0.4 is 16.4 Å². The summed E-state index contributed by atoms with van der Waals surface area (Å²) in [5.41, 5.74) is 10.2. The number of hydrogen-bond donors (Lipinski definition) is 3. The lowest BCUT2D eigenvalue weighted by molar-refractivity contribution is 0.100. The predicted molar refractivity (Wildman–Crippen MR) is 115 cm³/mol. The van der Waals surface area contributed by atoms with Gasteiger partial charge in [-0.05, 0) is 40.8 Å². The van der Waals surface area contributed by atoms with Crippen LogP contribution in [-0.4, -0.2) is 5.91 Å². The summed E-state index contributed by atoms with van der Waals surface area (Å²) in [6.07, 6.45) is -0.00998. The van der Waals surface area contributed by atoms with E-state index in [2.05, 4.69) is 59.3 Å². The van der Waals surface area contributed by atoms with Crippen molar-refractivity contribution >= 4 is 28.6 Å². The van der Waals surface area contributed by atoms with E-state index in [0.717, 1.165) is 16.9 Å². The number of hydrogen-bond acceptors (Lipinski definition) is 4. The molecule has 0 spiro atoms. The van der Waals surface area contributed by atoms with Crippen LogP contribution in [-0.2, 0) is 0 Å². The van der Waals surface area contributed by atoms with Crippen molar-refractivity contribution in [3.8, 4) is 0 Å². The molecule has 1 aliphatic heterocycles. The lowest BCUT2D eigenvalue weighted by Crippen LogP contribution is -2.12. The fourth-order valence-electron chi connectivity index (χ4n) is 3.14. The minimum absolute atomic E-state index is 0.00998. The minimum atomic E-state index is -0.417. The van der Waals surface area contributed by atoms with Gasteiger partial charge in [-0.1, -0.05) is 51.1 Å². The van der Waals surface area contributed by atoms with Crippen LogP contribution in [0.5, 0.6) is 0 Å². The number of amides is 1. The number of primary amides is 1. The van der Waals surface area contributed by atoms with Gasteiger partial charge >= 0.3 is 0 Å². The maximum absolute atomic E-state index is 11.3. The molecule has 4 N–H and O–H groups in total. The van der Waals surface area contributed by atoms with Crippen molar-refractivity contribution in [3.63, 3.8) is 0 Å². The van der Waals surface area contributed by atoms with Crippen LogP contribution in [0.1, 0.15) is 59.2 Å². The van der Waals surface area contributed by atoms with Gasteiger partial charge in [0.05, 0.1) is 11.4 Å². The maximum atomic E-state index is 11.3. The van der Waals surface area contributed by atoms with Crippen LogP contribution in [0, 0.1) is 0 Å². The van der Waals surface area contributed by atoms with Gasteiger partial charge in [-0.2, -0.15) is 0 Å². The number of fused-ring (bicyclic) bond motifs is 1. The average Bonchev–Trinajstić information content (AvgIpc) is 3.38. The lowest BCUT2D eigenvalue weighted by atomic mass is 9.98. The Bertz CT molecular complexity index is 904. The molecule has 0 fully saturated rings. The Morgan fingerprint density at radius 1 is 1.04 bits per heavy atom. The highest BCUT2D eigenvalue weighted by Crippen LogP contribution is 2.36. The van der Waals surface area contributed by atoms with Crippen LogP contribution in [0.25, 0.3) is 0 Å². The molecule has 2 aromatic carbocycles. The van der Waals surface area contributed by atoms with E-state index in [1.165, 1.54) is 10.4 Å². The number of thiophene rings is 1. The molecule has 2 heterocycles. The third-order valence-electron chi connectivity index (χ3n) is 4.64. The Labute approximate surface area is 164 Å². The van der Waals surface area contributed by atoms with Crippen molar-refractivity contribution in [2.24, 2.45) is 5.73 Å². The molecule has 5 heteroatoms. The molecular weight excluding hydrogens is 354 g/mol. The first-order valence-electron chi connectivity index (χ1n) is 9.22. The number of rotatable bonds is 4. The van der Waals surface area contributed by atoms with Gasteiger partial charge in [0, 0.05) is 16.4 Å². The van der Waals surface area contributed by atoms with Gasteiger partial charge in [0.25, 0.3) is 0 Å². The molecule has 4 rings (SSSR count). The van der Waals surface area contributed by atoms with Crippen LogP contribution in [0.15, 0.2) is 60.0 Å². The minimum Gasteiger partial charge on any atom is -0.366 e. The summed E-state index contributed by atoms with van der Waals surface area (Å²) in [5.74, 6) is -0.0196. The Morgan fingerprint density at radius 3 is 2.37 bits per heavy atom. The van der Waals surface area contributed by atoms with Gasteiger partial charge in [0.1, 0.15) is 6.17 Å². The summed E-state index contributed by atoms with van der Waals surface area (Å²) in [5, 5.41) is 8.95. The molecule has 27 heavy (non-hydrogen) atoms. The van der Waals surface area contributed by atoms with E-state index >= 15 is 0 Å². The number of benzene rings is 2. The lowest BCUT2D eigenvalue weighted by Gasteiger charge is -2.15. The first kappa shape index (κ1) is 19.0. The zero-order chi connectivity index (χ0) is 19.4. The van der Waals surface area contributed by atoms with Gasteiger partial charge in [0.2, 0.25) is 5.91 Å². The van der Waals surface area contributed by atoms with Crippen molar-refractivity contribution in [1.29, 1.82) is 0 Å². The zero-order valence-corrected chi connectivity index (χ0v) is 16.6. The number of anilines is 2. The topological polar surface area (TPSA) is 67.1 Å². The highest BCUT2D eigenvalue weighted by atomic mass is 32.1. The highest BCUT2D eigenvalue weighted by Gasteiger charge is 2.22. The van der Waals surface area contributed by atoms with E-state index in [1.54, 1.807) is 23.5 Å². The summed E-state index contributed by atoms with van der Waals surface area (Å²) in [7, 11) is 0. The number of nitrogens with one attached hydrogen (secondary N) is 2. The van der Waals surface area contributed by atoms with Gasteiger partial charge < -0.3 is 16.4 Å². The average molecular weight is 380 g/mol. The molecule has 1 amide bonds. The molecule has 4 nitrogen and oxygen atoms in total. The van der Waals surface area contributed by atoms with Crippen LogP contribution in [0.2, 0.25) is 0 Å². The second-order valence-corrected chi connectivity index (χ2v) is 7.23. The summed E-state index contributed by atoms with van der Waals surface area (Å²) in [4.78, 5) is 12.7. The largest absolute Gasteiger partial charge is 0.366 e. The van der Waals surface area contributed by atoms with Crippen molar-refractivity contribution in [3.05, 3.63) is 81.5 Å². The van der Waals surface area contributed by atoms with E-state index in [1.807, 2.05) is 19.9 Å². The molecular formula is C22H25N3OS. The third-order valence-corrected chi connectivity index (χ3v) is 5.70. The van der Waals surface area contributed by atoms with Crippen molar-refractivity contribution in [2.45, 2.75) is 32.9 Å². The normalized spacial score (nSPS) is 15.6. The SMILES string of the molecule is CC.CC(c1ccc(C2Nc3ccc(C(N)=O)cc3N2)cc1)c1cccs1. The van der Waals surface area contributed by atoms with Gasteiger partial charge in [-0.3, -0.25) is 4.79 Å². The standard InChI is InChI=1S/C20H19N3OS.C2H6/c1-12(18-3-2-10-25-18)13-4-6-14(7-5-13)20-22-16-9-8-15(19(21)24)11-17(16)23-20;1-2/h2-12,20,22-23H,1H3,(H2,21,24);1-2H3. The fraction of sp³-hybridized carbons (Fsp3) is 0.227. The van der Waals surface area contributed by atoms with Crippen molar-refractivity contribution in [2.75, 3.05) is 10.6 Å². The molecule has 0 aliphatic carbocycles. The number of carbonyl (C=O) groups excluding carboxylic acids is 1. The Hall–Kier alpha value is -2.79. The number of nitrogens with two attached hydrogens (primary N) is 1. The highest BCUT2D eigenvalue weighted by molar-refractivity contribution is 7.10. The molecule has 0 radical (unpaired) electrons. The Morgan fingerprint density at radius 2 is 1.74 bits per heavy atom. The monoisotopic (exact) mass is 379 g/mol. The summed E-state index contributed by atoms with van der Waals surface area (Å²) < 4.78 is 0. The smallest absolute Gasteiger partial charge is 0.248 e. The molecule has 3 aromatic rings. The molecule has 0 saturated carbocycles. The molecule has 1 aliphatic rings. The van der Waals surface area contributed by atoms with E-state index in [0.29, 0.717) is 11.5 Å². The Kier molecular flexibility index (Phi) is 5.81. The summed E-state index contributed by atoms with van der Waals surface area (Å²) in [6, 6.07) is 18.3. The fourth-order valence-corrected chi connectivity index (χ4v) is 3.95. The molecule has 2 atom stereocenters. The van der Waals surface area contributed by atoms with E-state index in [4.69, 9.17) is 5.73 Å². The quantitative estimate of drug-likeness (QED) is 0.556. The molecule has 2 unspecified atom stereocenters. The second kappa shape index (κ2) is 8.27. The predicted octanol–water partition coefficient (Wildman–Crippen LogP) is 5.56. The van der Waals surface area contributed by atoms with Gasteiger partial charge in [-0.25, -0.2) is 0 Å². The third kappa shape index (κ3) is 3.98. The Balaban J connectivity index is 0.00000102. The summed E-state index contributed by atoms with van der Waals surface area (Å²) >= 11 is 1.79. The van der Waals surface area contributed by atoms with Gasteiger partial charge in [0.15, 0.2) is 0 Å². The molecule has 140 valence electrons. The first-order valence-corrected chi connectivity index (χ1v) is 10.1. The van der Waals surface area contributed by atoms with Crippen molar-refractivity contribution in [1.82, 2.24) is 0 Å². The maximum Gasteiger partial charge on any atom is 0.248 e. The van der Waals surface area contributed by atoms with Crippen molar-refractivity contribution < 1.29 is 4.79 Å². The molecule has 0 saturated heterocycles. The van der Waals surface area contributed by atoms with E-state index < -0.39 is 5.91 Å². The van der Waals surface area contributed by atoms with E-state index in [9.17, 15) is 4.79 Å². The number of carbonyl (C=O) groups is 1. The van der Waals surface area contributed by atoms with Crippen LogP contribution in [0.4, 0.5) is 11.4 Å². The van der Waals surface area contributed by atoms with Gasteiger partial charge in [-0.15, -0.1) is 11.3 Å². The van der Waals surface area contributed by atoms with Crippen LogP contribution in [0.3, 0.4) is 0 Å². The molecule has 0 bridgehead atoms. The zero-order valence-electron chi connectivity index (χ0n) is 15.8. The summed E-state index contributed by atoms with van der Waals surface area (Å²) in [6.45, 7) is 6.23. The van der Waals surface area contributed by atoms with Crippen LogP contribution >= 0.6 is 11.3 Å². The molecule has 1 aromatic heterocycles. The first-order chi connectivity index (χ1) is 13.1. The second-order valence-electron chi connectivity index (χ2n) is 6.25.